The molecule has 0 aliphatic carbocycles. The van der Waals surface area contributed by atoms with Gasteiger partial charge in [-0.3, -0.25) is 9.63 Å². The first kappa shape index (κ1) is 259. The monoisotopic (exact) mass is 2970 g/mol. The molecule has 6 aromatic carbocycles. The van der Waals surface area contributed by atoms with Crippen molar-refractivity contribution in [2.24, 2.45) is 4.99 Å². The number of benzene rings is 6. The molecule has 0 aromatic heterocycles. The number of hydroxylamine groups is 2. The zero-order valence-corrected chi connectivity index (χ0v) is 251. The number of nitrogens with two attached hydrogens (primary N) is 1. The van der Waals surface area contributed by atoms with Gasteiger partial charge in [0.15, 0.2) is 0 Å². The molecule has 10 nitrogen and oxygen atoms in total. The van der Waals surface area contributed by atoms with E-state index in [4.69, 9.17) is 29.8 Å². The molecular formula is C57H63ClF3K51N6O4. The molecule has 0 radical (unpaired) electrons. The van der Waals surface area contributed by atoms with E-state index in [-0.39, 0.29) is 102 Å². The van der Waals surface area contributed by atoms with Crippen LogP contribution in [0.3, 0.4) is 0 Å². The van der Waals surface area contributed by atoms with Crippen LogP contribution in [0, 0.1) is 54.5 Å². The SMILES string of the molecule is C.C#CCN(Cc1ccc(F)cc1)c1ccc(CC(=O)N(C)OC)cc1.C#CCN(Cc1ccc(F)cc1)c1ccc(N)cc1.C#CCN(Cc1ccc(F)cc1)c1ccc(N=C=O)cc1.CCOC.Cl.[H-].[K+].[K][K].[K][K].[K][K].[K][K].[K][K].[K][K].[K][K].[K][K].[K][K].[K][K].[K][K].[K][K].[K][K].[K][K].[K][K].[K][K].[K][K].[K][K].[K][K].[K][K].[K][K].[K][K].[K][K].[K][K].[K][K]. The molecular weight excluding hydrogens is 2920 g/mol. The molecule has 6 aromatic rings. The number of carbonyl (C=O) groups is 1. The molecule has 1 amide bonds. The number of anilines is 4. The fraction of sp³-hybridized carbons (Fsp3) is 0.228. The summed E-state index contributed by atoms with van der Waals surface area (Å²) < 4.78 is 43.4. The molecule has 6 rings (SSSR count). The fourth-order valence-corrected chi connectivity index (χ4v) is 6.16. The molecule has 424 valence electrons. The second kappa shape index (κ2) is 274. The van der Waals surface area contributed by atoms with E-state index >= 15 is 0 Å². The number of aliphatic imine (C=N–C) groups is 1. The first-order valence-electron chi connectivity index (χ1n) is 46.6. The van der Waals surface area contributed by atoms with Crippen LogP contribution in [0.2, 0.25) is 0 Å². The van der Waals surface area contributed by atoms with Crippen LogP contribution in [0.4, 0.5) is 41.6 Å². The average molecular weight is 2980 g/mol. The van der Waals surface area contributed by atoms with Gasteiger partial charge in [-0.15, -0.1) is 31.7 Å². The number of nitrogens with zero attached hydrogens (tertiary/aromatic N) is 5. The Morgan fingerprint density at radius 3 is 0.721 bits per heavy atom. The Labute approximate surface area is 1930 Å². The number of terminal acetylenes is 3. The van der Waals surface area contributed by atoms with E-state index in [1.165, 1.54) is 1630 Å². The maximum absolute atomic E-state index is 13.0. The summed E-state index contributed by atoms with van der Waals surface area (Å²) in [6.07, 6.45) is 18.0. The predicted octanol–water partition coefficient (Wildman–Crippen LogP) is -10.7. The van der Waals surface area contributed by atoms with Crippen LogP contribution >= 0.6 is 12.4 Å². The fourth-order valence-electron chi connectivity index (χ4n) is 6.16. The predicted molar refractivity (Wildman–Crippen MR) is 574 cm³/mol. The molecule has 0 atom stereocenters. The van der Waals surface area contributed by atoms with Crippen LogP contribution in [0.5, 0.6) is 0 Å². The molecule has 122 heavy (non-hydrogen) atoms. The van der Waals surface area contributed by atoms with E-state index in [1.807, 2.05) is 82.3 Å². The summed E-state index contributed by atoms with van der Waals surface area (Å²) in [6, 6.07) is 41.3. The summed E-state index contributed by atoms with van der Waals surface area (Å²) in [4.78, 5) is 36.5. The number of rotatable bonds is 17. The third-order valence-electron chi connectivity index (χ3n) is 9.92. The van der Waals surface area contributed by atoms with Crippen LogP contribution in [-0.4, -0.2) is 1640 Å². The van der Waals surface area contributed by atoms with Gasteiger partial charge in [0.25, 0.3) is 0 Å². The van der Waals surface area contributed by atoms with E-state index in [9.17, 15) is 22.8 Å². The molecule has 0 aliphatic rings. The van der Waals surface area contributed by atoms with Crippen molar-refractivity contribution in [2.45, 2.75) is 40.4 Å². The van der Waals surface area contributed by atoms with Crippen LogP contribution in [0.25, 0.3) is 0 Å². The zero-order valence-electron chi connectivity index (χ0n) is 91.7. The van der Waals surface area contributed by atoms with E-state index < -0.39 is 0 Å². The van der Waals surface area contributed by atoms with Crippen LogP contribution < -0.4 is 71.8 Å². The first-order chi connectivity index (χ1) is 58.4. The van der Waals surface area contributed by atoms with Gasteiger partial charge in [-0.1, -0.05) is 73.7 Å². The number of isocyanates is 1. The van der Waals surface area contributed by atoms with Gasteiger partial charge in [0, 0.05) is 63.1 Å². The number of methoxy groups -OCH3 is 1. The van der Waals surface area contributed by atoms with Gasteiger partial charge in [0.05, 0.1) is 38.9 Å². The van der Waals surface area contributed by atoms with E-state index in [2.05, 4.69) is 27.5 Å². The van der Waals surface area contributed by atoms with Crippen molar-refractivity contribution in [1.29, 1.82) is 0 Å². The first-order valence-corrected chi connectivity index (χ1v) is 447. The number of hydrogen-bond donors (Lipinski definition) is 1. The third-order valence-corrected chi connectivity index (χ3v) is 9.92. The van der Waals surface area contributed by atoms with Crippen LogP contribution in [0.1, 0.15) is 38.0 Å². The summed E-state index contributed by atoms with van der Waals surface area (Å²) in [5.74, 6) is 6.99. The molecule has 0 bridgehead atoms. The van der Waals surface area contributed by atoms with E-state index in [1.54, 1.807) is 62.7 Å². The second-order valence-corrected chi connectivity index (χ2v) is 14.9. The summed E-state index contributed by atoms with van der Waals surface area (Å²) in [7, 11) is 4.71. The molecule has 0 spiro atoms. The average Bonchev–Trinajstić information content (AvgIpc) is 0.881. The van der Waals surface area contributed by atoms with Crippen molar-refractivity contribution in [3.8, 4) is 37.0 Å². The van der Waals surface area contributed by atoms with Gasteiger partial charge in [-0.05, 0) is 126 Å². The Morgan fingerprint density at radius 1 is 0.369 bits per heavy atom. The molecule has 0 aliphatic heterocycles. The summed E-state index contributed by atoms with van der Waals surface area (Å²) >= 11 is 62.5. The van der Waals surface area contributed by atoms with Crippen molar-refractivity contribution in [3.63, 3.8) is 0 Å². The van der Waals surface area contributed by atoms with Crippen LogP contribution in [0.15, 0.2) is 151 Å². The van der Waals surface area contributed by atoms with Crippen molar-refractivity contribution in [2.75, 3.05) is 67.9 Å². The van der Waals surface area contributed by atoms with Gasteiger partial charge >= 0.3 is 1630 Å². The number of hydrogen-bond acceptors (Lipinski definition) is 9. The molecule has 0 saturated heterocycles. The normalized spacial score (nSPS) is 7.15. The van der Waals surface area contributed by atoms with Gasteiger partial charge in [-0.2, -0.15) is 4.99 Å². The quantitative estimate of drug-likeness (QED) is 0.0241. The molecule has 0 unspecified atom stereocenters. The summed E-state index contributed by atoms with van der Waals surface area (Å²) in [6.45, 7) is 5.90. The summed E-state index contributed by atoms with van der Waals surface area (Å²) in [5, 5.41) is 1.20. The van der Waals surface area contributed by atoms with Gasteiger partial charge in [-0.25, -0.2) is 23.0 Å². The topological polar surface area (TPSA) is 104 Å². The molecule has 0 heterocycles. The number of nitrogen functional groups attached to an aromatic ring is 1. The zero-order chi connectivity index (χ0) is 100. The van der Waals surface area contributed by atoms with Crippen molar-refractivity contribution in [1.82, 2.24) is 5.06 Å². The molecule has 2 N–H and O–H groups in total. The van der Waals surface area contributed by atoms with Gasteiger partial charge in [0.1, 0.15) is 17.5 Å². The van der Waals surface area contributed by atoms with Crippen molar-refractivity contribution in [3.05, 3.63) is 185 Å². The van der Waals surface area contributed by atoms with Crippen molar-refractivity contribution >= 4 is 1630 Å². The minimum absolute atomic E-state index is 0. The second-order valence-electron chi connectivity index (χ2n) is 14.9. The van der Waals surface area contributed by atoms with Gasteiger partial charge < -0.3 is 26.6 Å². The Bertz CT molecular complexity index is 2740. The minimum atomic E-state index is -0.265. The van der Waals surface area contributed by atoms with Crippen LogP contribution in [-0.2, 0) is 45.2 Å². The number of halogens is 4. The summed E-state index contributed by atoms with van der Waals surface area (Å²) in [5.41, 5.74) is 13.6. The van der Waals surface area contributed by atoms with E-state index in [0.717, 1.165) is 45.9 Å². The number of carbonyl (C=O) groups excluding carboxylic acids is 2. The Kier molecular flexibility index (Phi) is 583. The van der Waals surface area contributed by atoms with Crippen molar-refractivity contribution < 1.29 is 85.1 Å². The maximum atomic E-state index is 13.0. The third kappa shape index (κ3) is 222. The number of ether oxygens (including phenoxy) is 1. The Morgan fingerprint density at radius 2 is 0.549 bits per heavy atom. The van der Waals surface area contributed by atoms with Gasteiger partial charge in [0.2, 0.25) is 12.0 Å². The standard InChI is InChI=1S/C20H21FN2O2.C17H13FN2O.C16H15FN2.C3H8O.CH4.ClH.51K.H/c1-4-13-23(15-17-5-9-18(21)10-6-17)19-11-7-16(8-12-19)14-20(24)22(2)25-3;1-2-11-20(12-14-3-5-15(18)6-4-14)17-9-7-16(8-10-17)19-13-21;1-2-11-19(16-9-7-15(18)8-10-16)12-13-3-5-14(17)6-4-13;1-3-4-2;;;;;;;;;;;;;;;;;;;;;;;;;;;;;;;;;;;;;;;;;;;;;;;;;;;;;;/h1,5-12H,13-15H2,2-3H3;1,3-10H,11-12H2;1,3-10H,11-12,18H2;3H2,1-2H3;1H4;1H;;;;;;;;;;;;;;;;;;;;;;;;;;;;;;;;;;;;;;;;;;;;;;;;;;;;/q;;;;;;;;;;;;;;;;;;;;;;;;;;;;;;;;;;;;;;;;;;;;;;;;;;;;;;;;+1;-1. The Balaban J connectivity index is -0.0000000348. The molecule has 65 heteroatoms. The number of amides is 1. The molecule has 0 fully saturated rings. The Hall–Kier alpha value is 75.5. The molecule has 0 saturated carbocycles. The number of likely N-dealkylation sites (N-methyl/N-ethyl adjacent to an activating group) is 1. The van der Waals surface area contributed by atoms with E-state index in [0.29, 0.717) is 50.6 Å².